The van der Waals surface area contributed by atoms with Gasteiger partial charge in [0.25, 0.3) is 5.92 Å². The zero-order valence-corrected chi connectivity index (χ0v) is 13.3. The van der Waals surface area contributed by atoms with Crippen LogP contribution in [-0.4, -0.2) is 42.2 Å². The highest BCUT2D eigenvalue weighted by Gasteiger charge is 2.73. The Morgan fingerprint density at radius 3 is 2.38 bits per heavy atom. The minimum atomic E-state index is -2.64. The number of alkyl halides is 2. The molecule has 1 heterocycles. The lowest BCUT2D eigenvalue weighted by molar-refractivity contribution is -0.0148. The minimum Gasteiger partial charge on any atom is -0.444 e. The summed E-state index contributed by atoms with van der Waals surface area (Å²) in [5.41, 5.74) is 4.04. The predicted octanol–water partition coefficient (Wildman–Crippen LogP) is 2.86. The molecule has 1 aliphatic carbocycles. The van der Waals surface area contributed by atoms with E-state index < -0.39 is 16.9 Å². The van der Waals surface area contributed by atoms with E-state index in [0.29, 0.717) is 19.5 Å². The molecule has 2 fully saturated rings. The number of hydrogen-bond donors (Lipinski definition) is 1. The van der Waals surface area contributed by atoms with Crippen molar-refractivity contribution in [2.24, 2.45) is 23.0 Å². The number of ether oxygens (including phenoxy) is 1. The highest BCUT2D eigenvalue weighted by atomic mass is 19.3. The highest BCUT2D eigenvalue weighted by molar-refractivity contribution is 5.68. The first-order valence-electron chi connectivity index (χ1n) is 7.58. The smallest absolute Gasteiger partial charge is 0.410 e. The number of rotatable bonds is 2. The second kappa shape index (κ2) is 5.07. The lowest BCUT2D eigenvalue weighted by Gasteiger charge is -2.41. The Labute approximate surface area is 125 Å². The topological polar surface area (TPSA) is 55.6 Å². The summed E-state index contributed by atoms with van der Waals surface area (Å²) in [4.78, 5) is 13.7. The molecule has 1 saturated carbocycles. The molecule has 122 valence electrons. The first-order chi connectivity index (χ1) is 9.52. The summed E-state index contributed by atoms with van der Waals surface area (Å²) < 4.78 is 32.7. The number of nitrogens with two attached hydrogens (primary N) is 1. The quantitative estimate of drug-likeness (QED) is 0.853. The molecular formula is C15H26F2N2O2. The van der Waals surface area contributed by atoms with Gasteiger partial charge in [0.1, 0.15) is 5.60 Å². The number of halogens is 2. The van der Waals surface area contributed by atoms with E-state index in [0.717, 1.165) is 0 Å². The van der Waals surface area contributed by atoms with E-state index in [-0.39, 0.29) is 30.9 Å². The fourth-order valence-corrected chi connectivity index (χ4v) is 3.59. The average Bonchev–Trinajstić information content (AvgIpc) is 2.90. The van der Waals surface area contributed by atoms with Crippen molar-refractivity contribution in [1.82, 2.24) is 4.90 Å². The molecule has 2 aliphatic rings. The molecule has 0 spiro atoms. The zero-order chi connectivity index (χ0) is 16.1. The van der Waals surface area contributed by atoms with E-state index in [1.807, 2.05) is 27.7 Å². The van der Waals surface area contributed by atoms with Gasteiger partial charge in [0.15, 0.2) is 0 Å². The van der Waals surface area contributed by atoms with Crippen LogP contribution in [0.4, 0.5) is 13.6 Å². The lowest BCUT2D eigenvalue weighted by atomic mass is 9.75. The van der Waals surface area contributed by atoms with Crippen molar-refractivity contribution in [2.75, 3.05) is 19.6 Å². The van der Waals surface area contributed by atoms with E-state index in [2.05, 4.69) is 0 Å². The van der Waals surface area contributed by atoms with E-state index in [4.69, 9.17) is 10.5 Å². The van der Waals surface area contributed by atoms with Gasteiger partial charge in [-0.05, 0) is 39.0 Å². The van der Waals surface area contributed by atoms with Crippen LogP contribution in [0.5, 0.6) is 0 Å². The van der Waals surface area contributed by atoms with Crippen molar-refractivity contribution in [3.8, 4) is 0 Å². The number of piperidine rings is 1. The Morgan fingerprint density at radius 2 is 2.00 bits per heavy atom. The number of carbonyl (C=O) groups excluding carboxylic acids is 1. The number of hydrogen-bond acceptors (Lipinski definition) is 3. The fraction of sp³-hybridized carbons (Fsp3) is 0.933. The van der Waals surface area contributed by atoms with E-state index in [1.165, 1.54) is 0 Å². The highest BCUT2D eigenvalue weighted by Crippen LogP contribution is 2.66. The molecule has 3 unspecified atom stereocenters. The second-order valence-electron chi connectivity index (χ2n) is 7.54. The van der Waals surface area contributed by atoms with Crippen LogP contribution in [0, 0.1) is 17.3 Å². The van der Waals surface area contributed by atoms with E-state index >= 15 is 0 Å². The summed E-state index contributed by atoms with van der Waals surface area (Å²) in [5.74, 6) is -2.77. The van der Waals surface area contributed by atoms with Crippen LogP contribution >= 0.6 is 0 Å². The maximum absolute atomic E-state index is 13.7. The van der Waals surface area contributed by atoms with Gasteiger partial charge in [-0.25, -0.2) is 13.6 Å². The maximum atomic E-state index is 13.7. The molecule has 0 aromatic rings. The minimum absolute atomic E-state index is 0.00296. The van der Waals surface area contributed by atoms with E-state index in [1.54, 1.807) is 4.90 Å². The van der Waals surface area contributed by atoms with Gasteiger partial charge in [-0.3, -0.25) is 0 Å². The van der Waals surface area contributed by atoms with Gasteiger partial charge in [-0.15, -0.1) is 0 Å². The monoisotopic (exact) mass is 304 g/mol. The first kappa shape index (κ1) is 16.5. The molecule has 1 amide bonds. The van der Waals surface area contributed by atoms with Gasteiger partial charge in [0.2, 0.25) is 0 Å². The molecule has 0 radical (unpaired) electrons. The molecule has 0 bridgehead atoms. The molecular weight excluding hydrogens is 278 g/mol. The molecule has 0 aromatic heterocycles. The van der Waals surface area contributed by atoms with Gasteiger partial charge in [0, 0.05) is 26.1 Å². The van der Waals surface area contributed by atoms with Gasteiger partial charge in [0.05, 0.1) is 5.41 Å². The molecule has 6 heteroatoms. The average molecular weight is 304 g/mol. The molecule has 1 saturated heterocycles. The van der Waals surface area contributed by atoms with Crippen LogP contribution in [0.2, 0.25) is 0 Å². The number of carbonyl (C=O) groups is 1. The third-order valence-electron chi connectivity index (χ3n) is 4.77. The first-order valence-corrected chi connectivity index (χ1v) is 7.58. The second-order valence-corrected chi connectivity index (χ2v) is 7.54. The molecule has 3 atom stereocenters. The van der Waals surface area contributed by atoms with Crippen LogP contribution < -0.4 is 5.73 Å². The summed E-state index contributed by atoms with van der Waals surface area (Å²) >= 11 is 0. The van der Waals surface area contributed by atoms with Gasteiger partial charge < -0.3 is 15.4 Å². The van der Waals surface area contributed by atoms with Gasteiger partial charge >= 0.3 is 6.09 Å². The van der Waals surface area contributed by atoms with Crippen LogP contribution in [0.1, 0.15) is 40.5 Å². The van der Waals surface area contributed by atoms with Crippen molar-refractivity contribution < 1.29 is 18.3 Å². The summed E-state index contributed by atoms with van der Waals surface area (Å²) in [6.07, 6.45) is 0.0858. The summed E-state index contributed by atoms with van der Waals surface area (Å²) in [6, 6.07) is 0. The van der Waals surface area contributed by atoms with Crippen molar-refractivity contribution in [1.29, 1.82) is 0 Å². The van der Waals surface area contributed by atoms with Gasteiger partial charge in [-0.2, -0.15) is 0 Å². The van der Waals surface area contributed by atoms with E-state index in [9.17, 15) is 13.6 Å². The molecule has 4 nitrogen and oxygen atoms in total. The van der Waals surface area contributed by atoms with Gasteiger partial charge in [-0.1, -0.05) is 6.92 Å². The largest absolute Gasteiger partial charge is 0.444 e. The summed E-state index contributed by atoms with van der Waals surface area (Å²) in [7, 11) is 0. The van der Waals surface area contributed by atoms with Crippen LogP contribution in [0.25, 0.3) is 0 Å². The Morgan fingerprint density at radius 1 is 1.43 bits per heavy atom. The van der Waals surface area contributed by atoms with Crippen molar-refractivity contribution in [3.05, 3.63) is 0 Å². The van der Waals surface area contributed by atoms with Crippen molar-refractivity contribution in [3.63, 3.8) is 0 Å². The number of nitrogens with zero attached hydrogens (tertiary/aromatic N) is 1. The molecule has 2 N–H and O–H groups in total. The molecule has 2 rings (SSSR count). The normalized spacial score (nSPS) is 35.5. The van der Waals surface area contributed by atoms with Crippen molar-refractivity contribution in [2.45, 2.75) is 52.1 Å². The Bertz CT molecular complexity index is 422. The molecule has 21 heavy (non-hydrogen) atoms. The predicted molar refractivity (Wildman–Crippen MR) is 76.1 cm³/mol. The zero-order valence-electron chi connectivity index (χ0n) is 13.3. The Balaban J connectivity index is 1.99. The Hall–Kier alpha value is -0.910. The Kier molecular flexibility index (Phi) is 3.98. The molecule has 0 aromatic carbocycles. The summed E-state index contributed by atoms with van der Waals surface area (Å²) in [5, 5.41) is 0. The third kappa shape index (κ3) is 3.00. The SMILES string of the molecule is CC1CN(C(=O)OC(C)(C)C)CCC1C1(CN)CC1(F)F. The summed E-state index contributed by atoms with van der Waals surface area (Å²) in [6.45, 7) is 8.30. The van der Waals surface area contributed by atoms with Crippen molar-refractivity contribution >= 4 is 6.09 Å². The maximum Gasteiger partial charge on any atom is 0.410 e. The lowest BCUT2D eigenvalue weighted by Crippen LogP contribution is -2.49. The number of amides is 1. The number of likely N-dealkylation sites (tertiary alicyclic amines) is 1. The third-order valence-corrected chi connectivity index (χ3v) is 4.77. The van der Waals surface area contributed by atoms with Crippen LogP contribution in [-0.2, 0) is 4.74 Å². The fourth-order valence-electron chi connectivity index (χ4n) is 3.59. The van der Waals surface area contributed by atoms with Crippen LogP contribution in [0.15, 0.2) is 0 Å². The molecule has 1 aliphatic heterocycles. The standard InChI is InChI=1S/C15H26F2N2O2/c1-10-7-19(12(20)21-13(2,3)4)6-5-11(10)14(9-18)8-15(14,16)17/h10-11H,5-9,18H2,1-4H3. The van der Waals surface area contributed by atoms with Crippen LogP contribution in [0.3, 0.4) is 0 Å².